The Labute approximate surface area is 185 Å². The van der Waals surface area contributed by atoms with E-state index in [1.54, 1.807) is 17.2 Å². The van der Waals surface area contributed by atoms with Gasteiger partial charge in [-0.1, -0.05) is 24.3 Å². The summed E-state index contributed by atoms with van der Waals surface area (Å²) < 4.78 is 39.0. The van der Waals surface area contributed by atoms with Crippen molar-refractivity contribution in [2.24, 2.45) is 0 Å². The molecule has 0 atom stereocenters. The average molecular weight is 498 g/mol. The molecule has 0 bridgehead atoms. The lowest BCUT2D eigenvalue weighted by Crippen LogP contribution is -2.45. The molecule has 2 heterocycles. The summed E-state index contributed by atoms with van der Waals surface area (Å²) in [5.41, 5.74) is 3.36. The van der Waals surface area contributed by atoms with Crippen molar-refractivity contribution in [2.75, 3.05) is 18.4 Å². The molecule has 164 valence electrons. The van der Waals surface area contributed by atoms with Gasteiger partial charge in [0.1, 0.15) is 5.60 Å². The summed E-state index contributed by atoms with van der Waals surface area (Å²) in [5, 5.41) is 4.24. The fourth-order valence-electron chi connectivity index (χ4n) is 3.47. The van der Waals surface area contributed by atoms with Crippen molar-refractivity contribution in [3.63, 3.8) is 0 Å². The minimum Gasteiger partial charge on any atom is -0.351 e. The Balaban J connectivity index is 1.33. The minimum absolute atomic E-state index is 0.446. The van der Waals surface area contributed by atoms with Crippen molar-refractivity contribution in [1.29, 1.82) is 0 Å². The van der Waals surface area contributed by atoms with Crippen molar-refractivity contribution in [1.82, 2.24) is 10.5 Å². The Morgan fingerprint density at radius 1 is 1.13 bits per heavy atom. The van der Waals surface area contributed by atoms with Crippen LogP contribution in [0.1, 0.15) is 24.0 Å². The molecule has 0 aromatic heterocycles. The number of hydrogen-bond acceptors (Lipinski definition) is 5. The van der Waals surface area contributed by atoms with Gasteiger partial charge in [-0.05, 0) is 64.7 Å². The van der Waals surface area contributed by atoms with Gasteiger partial charge in [-0.25, -0.2) is 4.79 Å². The van der Waals surface area contributed by atoms with Crippen LogP contribution in [0.2, 0.25) is 0 Å². The van der Waals surface area contributed by atoms with Crippen LogP contribution in [0.4, 0.5) is 23.7 Å². The number of para-hydroxylation sites is 1. The molecule has 0 radical (unpaired) electrons. The van der Waals surface area contributed by atoms with Crippen LogP contribution in [-0.4, -0.2) is 29.8 Å². The van der Waals surface area contributed by atoms with Crippen LogP contribution in [0.5, 0.6) is 0 Å². The molecule has 2 N–H and O–H groups in total. The van der Waals surface area contributed by atoms with Crippen LogP contribution >= 0.6 is 15.9 Å². The van der Waals surface area contributed by atoms with Crippen LogP contribution in [-0.2, 0) is 15.9 Å². The summed E-state index contributed by atoms with van der Waals surface area (Å²) in [6.07, 6.45) is -1.98. The first kappa shape index (κ1) is 21.7. The summed E-state index contributed by atoms with van der Waals surface area (Å²) >= 11 is 3.36. The molecule has 1 spiro atoms. The number of alkyl halides is 3. The maximum absolute atomic E-state index is 12.7. The molecule has 1 fully saturated rings. The zero-order chi connectivity index (χ0) is 22.1. The van der Waals surface area contributed by atoms with E-state index in [1.807, 2.05) is 18.2 Å². The summed E-state index contributed by atoms with van der Waals surface area (Å²) in [6, 6.07) is 12.1. The predicted octanol–water partition coefficient (Wildman–Crippen LogP) is 5.34. The van der Waals surface area contributed by atoms with Gasteiger partial charge in [-0.2, -0.15) is 13.2 Å². The van der Waals surface area contributed by atoms with Crippen LogP contribution in [0.15, 0.2) is 59.1 Å². The highest BCUT2D eigenvalue weighted by molar-refractivity contribution is 9.10. The number of piperidine rings is 1. The second-order valence-corrected chi connectivity index (χ2v) is 8.17. The molecular weight excluding hydrogens is 479 g/mol. The first-order valence-corrected chi connectivity index (χ1v) is 10.4. The lowest BCUT2D eigenvalue weighted by atomic mass is 9.91. The molecule has 1 amide bonds. The number of rotatable bonds is 3. The van der Waals surface area contributed by atoms with Gasteiger partial charge in [0.15, 0.2) is 0 Å². The molecule has 4 rings (SSSR count). The molecule has 2 aliphatic rings. The normalized spacial score (nSPS) is 18.4. The van der Waals surface area contributed by atoms with E-state index in [0.29, 0.717) is 42.9 Å². The molecule has 0 unspecified atom stereocenters. The van der Waals surface area contributed by atoms with Gasteiger partial charge in [-0.15, -0.1) is 5.06 Å². The Bertz CT molecular complexity index is 987. The van der Waals surface area contributed by atoms with Crippen molar-refractivity contribution in [3.05, 3.63) is 70.2 Å². The van der Waals surface area contributed by atoms with Gasteiger partial charge in [-0.3, -0.25) is 15.6 Å². The smallest absolute Gasteiger partial charge is 0.351 e. The molecule has 1 saturated heterocycles. The molecular formula is C21H19BrF3N3O3. The molecule has 0 saturated carbocycles. The van der Waals surface area contributed by atoms with Gasteiger partial charge >= 0.3 is 12.3 Å². The van der Waals surface area contributed by atoms with E-state index >= 15 is 0 Å². The SMILES string of the molecule is O=C(Nc1ccccc1Br)ON1CCC2(C=C(c3ccc(C(F)(F)F)cc3)NO2)CC1. The topological polar surface area (TPSA) is 62.8 Å². The van der Waals surface area contributed by atoms with E-state index in [0.717, 1.165) is 16.6 Å². The first-order chi connectivity index (χ1) is 14.7. The maximum atomic E-state index is 12.7. The summed E-state index contributed by atoms with van der Waals surface area (Å²) in [7, 11) is 0. The largest absolute Gasteiger partial charge is 0.430 e. The number of anilines is 1. The third-order valence-electron chi connectivity index (χ3n) is 5.19. The number of hydroxylamine groups is 3. The number of halogens is 4. The predicted molar refractivity (Wildman–Crippen MR) is 111 cm³/mol. The average Bonchev–Trinajstić information content (AvgIpc) is 3.15. The molecule has 6 nitrogen and oxygen atoms in total. The van der Waals surface area contributed by atoms with E-state index in [-0.39, 0.29) is 0 Å². The number of hydrogen-bond donors (Lipinski definition) is 2. The van der Waals surface area contributed by atoms with E-state index in [9.17, 15) is 18.0 Å². The first-order valence-electron chi connectivity index (χ1n) is 9.57. The zero-order valence-corrected chi connectivity index (χ0v) is 17.8. The molecule has 2 aromatic rings. The second kappa shape index (κ2) is 8.52. The van der Waals surface area contributed by atoms with E-state index in [2.05, 4.69) is 26.7 Å². The summed E-state index contributed by atoms with van der Waals surface area (Å²) in [5.74, 6) is 0. The third kappa shape index (κ3) is 5.03. The molecule has 31 heavy (non-hydrogen) atoms. The quantitative estimate of drug-likeness (QED) is 0.599. The fourth-order valence-corrected chi connectivity index (χ4v) is 3.86. The molecule has 2 aliphatic heterocycles. The summed E-state index contributed by atoms with van der Waals surface area (Å²) in [6.45, 7) is 0.893. The van der Waals surface area contributed by atoms with Crippen molar-refractivity contribution in [3.8, 4) is 0 Å². The van der Waals surface area contributed by atoms with Crippen LogP contribution in [0, 0.1) is 0 Å². The zero-order valence-electron chi connectivity index (χ0n) is 16.2. The third-order valence-corrected chi connectivity index (χ3v) is 5.88. The second-order valence-electron chi connectivity index (χ2n) is 7.31. The van der Waals surface area contributed by atoms with Crippen molar-refractivity contribution in [2.45, 2.75) is 24.6 Å². The highest BCUT2D eigenvalue weighted by atomic mass is 79.9. The number of nitrogens with one attached hydrogen (secondary N) is 2. The van der Waals surface area contributed by atoms with Crippen molar-refractivity contribution < 1.29 is 27.6 Å². The van der Waals surface area contributed by atoms with Crippen LogP contribution < -0.4 is 10.8 Å². The molecule has 0 aliphatic carbocycles. The van der Waals surface area contributed by atoms with E-state index < -0.39 is 23.4 Å². The maximum Gasteiger partial charge on any atom is 0.430 e. The Hall–Kier alpha value is -2.56. The standard InChI is InChI=1S/C21H19BrF3N3O3/c22-16-3-1-2-4-17(16)26-19(29)30-28-11-9-20(10-12-28)13-18(27-31-20)14-5-7-15(8-6-14)21(23,24)25/h1-8,13,27H,9-12H2,(H,26,29). The lowest BCUT2D eigenvalue weighted by Gasteiger charge is -2.35. The number of carbonyl (C=O) groups is 1. The van der Waals surface area contributed by atoms with Crippen molar-refractivity contribution >= 4 is 33.4 Å². The van der Waals surface area contributed by atoms with Gasteiger partial charge in [0.05, 0.1) is 16.9 Å². The Morgan fingerprint density at radius 3 is 2.45 bits per heavy atom. The minimum atomic E-state index is -4.37. The highest BCUT2D eigenvalue weighted by Gasteiger charge is 2.40. The van der Waals surface area contributed by atoms with Crippen LogP contribution in [0.3, 0.4) is 0 Å². The highest BCUT2D eigenvalue weighted by Crippen LogP contribution is 2.36. The Morgan fingerprint density at radius 2 is 1.81 bits per heavy atom. The Kier molecular flexibility index (Phi) is 5.96. The van der Waals surface area contributed by atoms with Gasteiger partial charge in [0.2, 0.25) is 0 Å². The van der Waals surface area contributed by atoms with Crippen LogP contribution in [0.25, 0.3) is 5.70 Å². The van der Waals surface area contributed by atoms with Gasteiger partial charge in [0.25, 0.3) is 0 Å². The number of nitrogens with zero attached hydrogens (tertiary/aromatic N) is 1. The molecule has 2 aromatic carbocycles. The lowest BCUT2D eigenvalue weighted by molar-refractivity contribution is -0.153. The number of carbonyl (C=O) groups excluding carboxylic acids is 1. The van der Waals surface area contributed by atoms with E-state index in [1.165, 1.54) is 12.1 Å². The van der Waals surface area contributed by atoms with Gasteiger partial charge in [0, 0.05) is 17.6 Å². The molecule has 10 heteroatoms. The fraction of sp³-hybridized carbons (Fsp3) is 0.286. The van der Waals surface area contributed by atoms with Gasteiger partial charge < -0.3 is 4.84 Å². The summed E-state index contributed by atoms with van der Waals surface area (Å²) in [4.78, 5) is 23.3. The number of amides is 1. The monoisotopic (exact) mass is 497 g/mol. The number of benzene rings is 2. The van der Waals surface area contributed by atoms with E-state index in [4.69, 9.17) is 9.68 Å².